The van der Waals surface area contributed by atoms with Crippen molar-refractivity contribution in [1.29, 1.82) is 0 Å². The standard InChI is InChI=1S/C17H18N2O.BrH/c1-12(2)20-15-6-4-14(5-7-15)16-11-19-9-8-13(3)10-17(19)18-16;/h4-12H,1-3H3;1H/p-1. The molecule has 3 aromatic rings. The lowest BCUT2D eigenvalue weighted by molar-refractivity contribution is -0.00000551. The van der Waals surface area contributed by atoms with Gasteiger partial charge in [0.25, 0.3) is 0 Å². The van der Waals surface area contributed by atoms with Gasteiger partial charge >= 0.3 is 0 Å². The van der Waals surface area contributed by atoms with Crippen molar-refractivity contribution in [3.8, 4) is 17.0 Å². The molecule has 0 saturated carbocycles. The zero-order chi connectivity index (χ0) is 14.1. The van der Waals surface area contributed by atoms with Gasteiger partial charge in [-0.05, 0) is 62.7 Å². The lowest BCUT2D eigenvalue weighted by atomic mass is 10.1. The van der Waals surface area contributed by atoms with Crippen LogP contribution in [-0.4, -0.2) is 15.5 Å². The molecule has 3 rings (SSSR count). The summed E-state index contributed by atoms with van der Waals surface area (Å²) < 4.78 is 7.70. The summed E-state index contributed by atoms with van der Waals surface area (Å²) in [6, 6.07) is 12.2. The molecule has 21 heavy (non-hydrogen) atoms. The Labute approximate surface area is 135 Å². The summed E-state index contributed by atoms with van der Waals surface area (Å²) in [5.74, 6) is 0.892. The maximum atomic E-state index is 5.65. The van der Waals surface area contributed by atoms with Gasteiger partial charge in [0, 0.05) is 18.0 Å². The smallest absolute Gasteiger partial charge is 0.137 e. The third kappa shape index (κ3) is 3.45. The van der Waals surface area contributed by atoms with E-state index < -0.39 is 0 Å². The molecule has 0 aliphatic rings. The first-order valence-corrected chi connectivity index (χ1v) is 6.84. The van der Waals surface area contributed by atoms with Crippen LogP contribution in [0.25, 0.3) is 16.9 Å². The third-order valence-corrected chi connectivity index (χ3v) is 3.14. The van der Waals surface area contributed by atoms with Gasteiger partial charge in [-0.15, -0.1) is 0 Å². The monoisotopic (exact) mass is 345 g/mol. The fourth-order valence-corrected chi connectivity index (χ4v) is 2.20. The van der Waals surface area contributed by atoms with Crippen molar-refractivity contribution >= 4 is 5.65 Å². The van der Waals surface area contributed by atoms with Gasteiger partial charge in [0.15, 0.2) is 0 Å². The third-order valence-electron chi connectivity index (χ3n) is 3.14. The fourth-order valence-electron chi connectivity index (χ4n) is 2.20. The number of aryl methyl sites for hydroxylation is 1. The van der Waals surface area contributed by atoms with E-state index in [4.69, 9.17) is 4.74 Å². The number of aromatic nitrogens is 2. The molecule has 0 amide bonds. The van der Waals surface area contributed by atoms with E-state index in [9.17, 15) is 0 Å². The van der Waals surface area contributed by atoms with Gasteiger partial charge in [0.2, 0.25) is 0 Å². The van der Waals surface area contributed by atoms with Gasteiger partial charge in [-0.25, -0.2) is 4.98 Å². The summed E-state index contributed by atoms with van der Waals surface area (Å²) in [5.41, 5.74) is 4.27. The van der Waals surface area contributed by atoms with Crippen molar-refractivity contribution in [3.05, 3.63) is 54.4 Å². The minimum atomic E-state index is 0. The SMILES string of the molecule is Cc1ccn2cc(-c3ccc(OC(C)C)cc3)nc2c1.[Br-]. The first-order valence-electron chi connectivity index (χ1n) is 6.84. The summed E-state index contributed by atoms with van der Waals surface area (Å²) in [4.78, 5) is 4.66. The normalized spacial score (nSPS) is 10.7. The van der Waals surface area contributed by atoms with Crippen LogP contribution in [0.4, 0.5) is 0 Å². The first kappa shape index (κ1) is 15.6. The summed E-state index contributed by atoms with van der Waals surface area (Å²) in [5, 5.41) is 0. The van der Waals surface area contributed by atoms with E-state index in [0.29, 0.717) is 0 Å². The quantitative estimate of drug-likeness (QED) is 0.710. The van der Waals surface area contributed by atoms with Crippen molar-refractivity contribution in [2.45, 2.75) is 26.9 Å². The molecular weight excluding hydrogens is 328 g/mol. The van der Waals surface area contributed by atoms with E-state index in [1.54, 1.807) is 0 Å². The minimum Gasteiger partial charge on any atom is -1.00 e. The van der Waals surface area contributed by atoms with Crippen LogP contribution < -0.4 is 21.7 Å². The topological polar surface area (TPSA) is 26.5 Å². The second kappa shape index (κ2) is 6.31. The van der Waals surface area contributed by atoms with Gasteiger partial charge in [0.1, 0.15) is 11.4 Å². The molecule has 2 aromatic heterocycles. The summed E-state index contributed by atoms with van der Waals surface area (Å²) >= 11 is 0. The van der Waals surface area contributed by atoms with Crippen molar-refractivity contribution < 1.29 is 21.7 Å². The molecule has 2 heterocycles. The highest BCUT2D eigenvalue weighted by Gasteiger charge is 2.05. The van der Waals surface area contributed by atoms with E-state index in [-0.39, 0.29) is 23.1 Å². The van der Waals surface area contributed by atoms with Crippen LogP contribution in [0.2, 0.25) is 0 Å². The number of hydrogen-bond acceptors (Lipinski definition) is 2. The summed E-state index contributed by atoms with van der Waals surface area (Å²) in [6.07, 6.45) is 4.28. The molecular formula is C17H18BrN2O-. The molecule has 3 nitrogen and oxygen atoms in total. The highest BCUT2D eigenvalue weighted by Crippen LogP contribution is 2.23. The molecule has 110 valence electrons. The van der Waals surface area contributed by atoms with Crippen molar-refractivity contribution in [2.24, 2.45) is 0 Å². The fraction of sp³-hybridized carbons (Fsp3) is 0.235. The van der Waals surface area contributed by atoms with Gasteiger partial charge < -0.3 is 26.1 Å². The molecule has 0 bridgehead atoms. The number of halogens is 1. The van der Waals surface area contributed by atoms with Gasteiger partial charge in [-0.1, -0.05) is 0 Å². The van der Waals surface area contributed by atoms with Crippen molar-refractivity contribution in [3.63, 3.8) is 0 Å². The Bertz CT molecular complexity index is 732. The van der Waals surface area contributed by atoms with Crippen LogP contribution in [0.3, 0.4) is 0 Å². The molecule has 0 aliphatic carbocycles. The van der Waals surface area contributed by atoms with Crippen LogP contribution in [0.5, 0.6) is 5.75 Å². The van der Waals surface area contributed by atoms with Crippen molar-refractivity contribution in [2.75, 3.05) is 0 Å². The summed E-state index contributed by atoms with van der Waals surface area (Å²) in [6.45, 7) is 6.13. The Balaban J connectivity index is 0.00000161. The van der Waals surface area contributed by atoms with E-state index in [1.807, 2.05) is 54.9 Å². The van der Waals surface area contributed by atoms with Crippen LogP contribution >= 0.6 is 0 Å². The number of ether oxygens (including phenoxy) is 1. The second-order valence-electron chi connectivity index (χ2n) is 5.29. The Kier molecular flexibility index (Phi) is 4.68. The first-order chi connectivity index (χ1) is 9.61. The largest absolute Gasteiger partial charge is 1.00 e. The van der Waals surface area contributed by atoms with Crippen LogP contribution in [0.1, 0.15) is 19.4 Å². The number of nitrogens with zero attached hydrogens (tertiary/aromatic N) is 2. The van der Waals surface area contributed by atoms with E-state index in [2.05, 4.69) is 24.0 Å². The molecule has 0 spiro atoms. The molecule has 0 unspecified atom stereocenters. The van der Waals surface area contributed by atoms with Gasteiger partial charge in [-0.2, -0.15) is 0 Å². The zero-order valence-corrected chi connectivity index (χ0v) is 14.0. The molecule has 0 fully saturated rings. The highest BCUT2D eigenvalue weighted by molar-refractivity contribution is 5.63. The molecule has 0 atom stereocenters. The minimum absolute atomic E-state index is 0. The Morgan fingerprint density at radius 3 is 2.48 bits per heavy atom. The van der Waals surface area contributed by atoms with E-state index in [1.165, 1.54) is 5.56 Å². The lowest BCUT2D eigenvalue weighted by Gasteiger charge is -2.09. The molecule has 0 aliphatic heterocycles. The van der Waals surface area contributed by atoms with Crippen LogP contribution in [0, 0.1) is 6.92 Å². The Morgan fingerprint density at radius 1 is 1.10 bits per heavy atom. The summed E-state index contributed by atoms with van der Waals surface area (Å²) in [7, 11) is 0. The molecule has 4 heteroatoms. The average Bonchev–Trinajstić information content (AvgIpc) is 2.81. The predicted octanol–water partition coefficient (Wildman–Crippen LogP) is 1.10. The number of fused-ring (bicyclic) bond motifs is 1. The molecule has 0 radical (unpaired) electrons. The average molecular weight is 346 g/mol. The Morgan fingerprint density at radius 2 is 1.81 bits per heavy atom. The number of imidazole rings is 1. The zero-order valence-electron chi connectivity index (χ0n) is 12.4. The maximum absolute atomic E-state index is 5.65. The van der Waals surface area contributed by atoms with Gasteiger partial charge in [-0.3, -0.25) is 0 Å². The van der Waals surface area contributed by atoms with E-state index in [0.717, 1.165) is 22.7 Å². The number of benzene rings is 1. The second-order valence-corrected chi connectivity index (χ2v) is 5.29. The van der Waals surface area contributed by atoms with E-state index >= 15 is 0 Å². The lowest BCUT2D eigenvalue weighted by Crippen LogP contribution is -3.00. The number of hydrogen-bond donors (Lipinski definition) is 0. The molecule has 0 N–H and O–H groups in total. The van der Waals surface area contributed by atoms with Crippen molar-refractivity contribution in [1.82, 2.24) is 9.38 Å². The molecule has 0 saturated heterocycles. The predicted molar refractivity (Wildman–Crippen MR) is 81.1 cm³/mol. The van der Waals surface area contributed by atoms with Crippen LogP contribution in [0.15, 0.2) is 48.8 Å². The Hall–Kier alpha value is -1.81. The highest BCUT2D eigenvalue weighted by atomic mass is 79.9. The number of rotatable bonds is 3. The maximum Gasteiger partial charge on any atom is 0.137 e. The molecule has 1 aromatic carbocycles. The number of pyridine rings is 1. The van der Waals surface area contributed by atoms with Crippen LogP contribution in [-0.2, 0) is 0 Å². The van der Waals surface area contributed by atoms with Gasteiger partial charge in [0.05, 0.1) is 11.8 Å².